The number of nitro benzene ring substituents is 1. The van der Waals surface area contributed by atoms with Crippen LogP contribution in [0.3, 0.4) is 0 Å². The van der Waals surface area contributed by atoms with Gasteiger partial charge in [-0.25, -0.2) is 9.59 Å². The monoisotopic (exact) mass is 416 g/mol. The number of nitrogens with zero attached hydrogens (tertiary/aromatic N) is 1. The number of hydrogen-bond acceptors (Lipinski definition) is 8. The molecule has 0 aromatic heterocycles. The molecule has 30 heavy (non-hydrogen) atoms. The minimum atomic E-state index is -1.11. The van der Waals surface area contributed by atoms with Crippen LogP contribution in [0, 0.1) is 10.1 Å². The Morgan fingerprint density at radius 3 is 2.33 bits per heavy atom. The number of hydrogen-bond donors (Lipinski definition) is 1. The van der Waals surface area contributed by atoms with Crippen molar-refractivity contribution in [2.24, 2.45) is 0 Å². The lowest BCUT2D eigenvalue weighted by Crippen LogP contribution is -2.42. The first-order valence-corrected chi connectivity index (χ1v) is 8.89. The zero-order chi connectivity index (χ0) is 21.9. The van der Waals surface area contributed by atoms with E-state index in [4.69, 9.17) is 9.47 Å². The summed E-state index contributed by atoms with van der Waals surface area (Å²) in [5.74, 6) is -1.30. The Morgan fingerprint density at radius 1 is 1.07 bits per heavy atom. The second-order valence-corrected chi connectivity index (χ2v) is 6.05. The number of alkyl carbamates (subject to hydrolysis) is 1. The van der Waals surface area contributed by atoms with E-state index in [9.17, 15) is 24.5 Å². The molecule has 2 rings (SSSR count). The van der Waals surface area contributed by atoms with Gasteiger partial charge in [0.1, 0.15) is 18.4 Å². The van der Waals surface area contributed by atoms with Gasteiger partial charge >= 0.3 is 18.0 Å². The van der Waals surface area contributed by atoms with Gasteiger partial charge in [-0.3, -0.25) is 14.9 Å². The van der Waals surface area contributed by atoms with E-state index < -0.39 is 29.0 Å². The molecule has 2 aromatic carbocycles. The van der Waals surface area contributed by atoms with Crippen molar-refractivity contribution >= 4 is 23.7 Å². The van der Waals surface area contributed by atoms with Crippen LogP contribution in [-0.4, -0.2) is 36.1 Å². The van der Waals surface area contributed by atoms with E-state index in [1.165, 1.54) is 24.3 Å². The van der Waals surface area contributed by atoms with E-state index in [1.807, 2.05) is 6.07 Å². The van der Waals surface area contributed by atoms with Crippen molar-refractivity contribution in [2.75, 3.05) is 7.11 Å². The highest BCUT2D eigenvalue weighted by atomic mass is 16.6. The Morgan fingerprint density at radius 2 is 1.73 bits per heavy atom. The van der Waals surface area contributed by atoms with E-state index in [1.54, 1.807) is 24.3 Å². The molecule has 1 atom stereocenters. The number of esters is 2. The Hall–Kier alpha value is -3.95. The molecule has 0 bridgehead atoms. The number of rotatable bonds is 9. The Kier molecular flexibility index (Phi) is 8.30. The first kappa shape index (κ1) is 22.3. The molecule has 0 aliphatic rings. The van der Waals surface area contributed by atoms with Crippen LogP contribution in [-0.2, 0) is 25.7 Å². The normalized spacial score (nSPS) is 11.1. The van der Waals surface area contributed by atoms with Gasteiger partial charge in [0.25, 0.3) is 5.69 Å². The average Bonchev–Trinajstić information content (AvgIpc) is 2.75. The molecule has 0 radical (unpaired) electrons. The number of methoxy groups -OCH3 is 1. The number of carbonyl (C=O) groups is 3. The van der Waals surface area contributed by atoms with Gasteiger partial charge in [-0.05, 0) is 24.1 Å². The van der Waals surface area contributed by atoms with Crippen molar-refractivity contribution in [3.05, 3.63) is 70.3 Å². The minimum absolute atomic E-state index is 0.0166. The largest absolute Gasteiger partial charge is 0.467 e. The van der Waals surface area contributed by atoms with Crippen LogP contribution < -0.4 is 10.1 Å². The van der Waals surface area contributed by atoms with Crippen LogP contribution >= 0.6 is 0 Å². The topological polar surface area (TPSA) is 134 Å². The summed E-state index contributed by atoms with van der Waals surface area (Å²) in [7, 11) is 1.15. The maximum Gasteiger partial charge on any atom is 0.408 e. The first-order valence-electron chi connectivity index (χ1n) is 8.89. The van der Waals surface area contributed by atoms with Crippen molar-refractivity contribution in [3.63, 3.8) is 0 Å². The van der Waals surface area contributed by atoms with E-state index >= 15 is 0 Å². The summed E-state index contributed by atoms with van der Waals surface area (Å²) < 4.78 is 14.8. The number of carbonyl (C=O) groups excluding carboxylic acids is 3. The Balaban J connectivity index is 1.84. The van der Waals surface area contributed by atoms with Gasteiger partial charge in [0.15, 0.2) is 0 Å². The second-order valence-electron chi connectivity index (χ2n) is 6.05. The fraction of sp³-hybridized carbons (Fsp3) is 0.250. The van der Waals surface area contributed by atoms with Gasteiger partial charge in [-0.1, -0.05) is 30.3 Å². The smallest absolute Gasteiger partial charge is 0.408 e. The molecule has 0 saturated heterocycles. The van der Waals surface area contributed by atoms with Crippen LogP contribution in [0.5, 0.6) is 5.75 Å². The highest BCUT2D eigenvalue weighted by Crippen LogP contribution is 2.18. The number of nitrogens with one attached hydrogen (secondary N) is 1. The quantitative estimate of drug-likeness (QED) is 0.285. The van der Waals surface area contributed by atoms with Gasteiger partial charge in [-0.2, -0.15) is 0 Å². The fourth-order valence-corrected chi connectivity index (χ4v) is 2.38. The van der Waals surface area contributed by atoms with Gasteiger partial charge in [0.05, 0.1) is 12.0 Å². The summed E-state index contributed by atoms with van der Waals surface area (Å²) in [6.07, 6.45) is -1.13. The molecule has 1 N–H and O–H groups in total. The molecular formula is C20H20N2O8. The number of nitro groups is 1. The zero-order valence-corrected chi connectivity index (χ0v) is 16.1. The molecule has 0 spiro atoms. The van der Waals surface area contributed by atoms with E-state index in [-0.39, 0.29) is 30.9 Å². The minimum Gasteiger partial charge on any atom is -0.467 e. The number of ether oxygens (including phenoxy) is 3. The third-order valence-corrected chi connectivity index (χ3v) is 3.91. The lowest BCUT2D eigenvalue weighted by atomic mass is 10.1. The van der Waals surface area contributed by atoms with Crippen LogP contribution in [0.25, 0.3) is 0 Å². The molecule has 0 heterocycles. The molecule has 0 aliphatic carbocycles. The maximum absolute atomic E-state index is 12.0. The first-order chi connectivity index (χ1) is 14.4. The highest BCUT2D eigenvalue weighted by Gasteiger charge is 2.24. The average molecular weight is 416 g/mol. The molecular weight excluding hydrogens is 396 g/mol. The van der Waals surface area contributed by atoms with Crippen molar-refractivity contribution in [1.29, 1.82) is 0 Å². The van der Waals surface area contributed by atoms with Crippen LogP contribution in [0.2, 0.25) is 0 Å². The summed E-state index contributed by atoms with van der Waals surface area (Å²) in [6.45, 7) is 0.0166. The summed E-state index contributed by atoms with van der Waals surface area (Å²) in [6, 6.07) is 12.8. The zero-order valence-electron chi connectivity index (χ0n) is 16.1. The second kappa shape index (κ2) is 11.1. The van der Waals surface area contributed by atoms with Crippen LogP contribution in [0.15, 0.2) is 54.6 Å². The summed E-state index contributed by atoms with van der Waals surface area (Å²) >= 11 is 0. The molecule has 10 nitrogen and oxygen atoms in total. The van der Waals surface area contributed by atoms with Gasteiger partial charge in [0.2, 0.25) is 0 Å². The molecule has 0 fully saturated rings. The SMILES string of the molecule is COC(=O)[C@H](CCC(=O)Oc1ccc([N+](=O)[O-])cc1)NC(=O)OCc1ccccc1. The van der Waals surface area contributed by atoms with Gasteiger partial charge in [-0.15, -0.1) is 0 Å². The molecule has 0 unspecified atom stereocenters. The molecule has 1 amide bonds. The van der Waals surface area contributed by atoms with Crippen LogP contribution in [0.4, 0.5) is 10.5 Å². The van der Waals surface area contributed by atoms with E-state index in [0.717, 1.165) is 12.7 Å². The summed E-state index contributed by atoms with van der Waals surface area (Å²) in [4.78, 5) is 45.9. The molecule has 10 heteroatoms. The third-order valence-electron chi connectivity index (χ3n) is 3.91. The van der Waals surface area contributed by atoms with E-state index in [2.05, 4.69) is 10.1 Å². The fourth-order valence-electron chi connectivity index (χ4n) is 2.38. The predicted molar refractivity (Wildman–Crippen MR) is 104 cm³/mol. The Labute approximate surface area is 171 Å². The van der Waals surface area contributed by atoms with Crippen molar-refractivity contribution in [1.82, 2.24) is 5.32 Å². The summed E-state index contributed by atoms with van der Waals surface area (Å²) in [5, 5.41) is 13.0. The maximum atomic E-state index is 12.0. The van der Waals surface area contributed by atoms with Crippen molar-refractivity contribution in [3.8, 4) is 5.75 Å². The number of benzene rings is 2. The molecule has 0 aliphatic heterocycles. The lowest BCUT2D eigenvalue weighted by Gasteiger charge is -2.16. The molecule has 2 aromatic rings. The van der Waals surface area contributed by atoms with Gasteiger partial charge in [0, 0.05) is 18.6 Å². The highest BCUT2D eigenvalue weighted by molar-refractivity contribution is 5.82. The predicted octanol–water partition coefficient (Wildman–Crippen LogP) is 2.75. The Bertz CT molecular complexity index is 883. The number of amides is 1. The van der Waals surface area contributed by atoms with Gasteiger partial charge < -0.3 is 19.5 Å². The third kappa shape index (κ3) is 7.23. The standard InChI is InChI=1S/C20H20N2O8/c1-28-19(24)17(21-20(25)29-13-14-5-3-2-4-6-14)11-12-18(23)30-16-9-7-15(8-10-16)22(26)27/h2-10,17H,11-13H2,1H3,(H,21,25)/t17-/m0/s1. The van der Waals surface area contributed by atoms with E-state index in [0.29, 0.717) is 0 Å². The van der Waals surface area contributed by atoms with Crippen molar-refractivity contribution in [2.45, 2.75) is 25.5 Å². The van der Waals surface area contributed by atoms with Crippen molar-refractivity contribution < 1.29 is 33.5 Å². The molecule has 158 valence electrons. The summed E-state index contributed by atoms with van der Waals surface area (Å²) in [5.41, 5.74) is 0.632. The lowest BCUT2D eigenvalue weighted by molar-refractivity contribution is -0.384. The molecule has 0 saturated carbocycles. The number of non-ortho nitro benzene ring substituents is 1. The van der Waals surface area contributed by atoms with Crippen LogP contribution in [0.1, 0.15) is 18.4 Å².